The summed E-state index contributed by atoms with van der Waals surface area (Å²) in [6.45, 7) is 12.9. The average molecular weight is 350 g/mol. The summed E-state index contributed by atoms with van der Waals surface area (Å²) in [7, 11) is 0. The standard InChI is InChI=1S/C17H19I/c1-6-13-14-8-7-12(18)10-16(14)17(4,5)15(13)9-11(2)3/h6-10H,1H2,2-5H3. The number of rotatable bonds is 2. The zero-order chi connectivity index (χ0) is 13.5. The van der Waals surface area contributed by atoms with Gasteiger partial charge < -0.3 is 0 Å². The van der Waals surface area contributed by atoms with Crippen LogP contribution in [-0.2, 0) is 5.41 Å². The highest BCUT2D eigenvalue weighted by molar-refractivity contribution is 14.1. The minimum absolute atomic E-state index is 0.0668. The van der Waals surface area contributed by atoms with Crippen LogP contribution in [0.25, 0.3) is 5.57 Å². The van der Waals surface area contributed by atoms with E-state index in [1.807, 2.05) is 6.08 Å². The highest BCUT2D eigenvalue weighted by Crippen LogP contribution is 2.47. The van der Waals surface area contributed by atoms with Crippen molar-refractivity contribution in [1.82, 2.24) is 0 Å². The third-order valence-corrected chi connectivity index (χ3v) is 4.22. The molecule has 0 bridgehead atoms. The van der Waals surface area contributed by atoms with Gasteiger partial charge in [-0.15, -0.1) is 0 Å². The van der Waals surface area contributed by atoms with Crippen LogP contribution in [0.3, 0.4) is 0 Å². The Balaban J connectivity index is 2.75. The summed E-state index contributed by atoms with van der Waals surface area (Å²) >= 11 is 2.38. The summed E-state index contributed by atoms with van der Waals surface area (Å²) in [5.41, 5.74) is 6.82. The molecular weight excluding hydrogens is 331 g/mol. The molecule has 0 aromatic heterocycles. The van der Waals surface area contributed by atoms with Crippen LogP contribution >= 0.6 is 22.6 Å². The Morgan fingerprint density at radius 2 is 1.94 bits per heavy atom. The van der Waals surface area contributed by atoms with Crippen LogP contribution in [0.2, 0.25) is 0 Å². The maximum Gasteiger partial charge on any atom is 0.0159 e. The lowest BCUT2D eigenvalue weighted by atomic mass is 9.80. The van der Waals surface area contributed by atoms with Crippen LogP contribution in [0, 0.1) is 3.57 Å². The second-order valence-electron chi connectivity index (χ2n) is 5.57. The van der Waals surface area contributed by atoms with E-state index < -0.39 is 0 Å². The molecule has 0 amide bonds. The molecule has 94 valence electrons. The molecule has 0 aliphatic heterocycles. The van der Waals surface area contributed by atoms with Crippen molar-refractivity contribution < 1.29 is 0 Å². The predicted octanol–water partition coefficient (Wildman–Crippen LogP) is 5.49. The van der Waals surface area contributed by atoms with Crippen LogP contribution in [0.1, 0.15) is 38.8 Å². The number of hydrogen-bond acceptors (Lipinski definition) is 0. The lowest BCUT2D eigenvalue weighted by Gasteiger charge is -2.23. The van der Waals surface area contributed by atoms with E-state index in [9.17, 15) is 0 Å². The van der Waals surface area contributed by atoms with E-state index in [4.69, 9.17) is 0 Å². The number of benzene rings is 1. The third kappa shape index (κ3) is 2.09. The molecule has 1 aliphatic rings. The van der Waals surface area contributed by atoms with Gasteiger partial charge in [0, 0.05) is 8.99 Å². The highest BCUT2D eigenvalue weighted by Gasteiger charge is 2.35. The lowest BCUT2D eigenvalue weighted by Crippen LogP contribution is -2.16. The van der Waals surface area contributed by atoms with Gasteiger partial charge in [0.25, 0.3) is 0 Å². The molecule has 0 nitrogen and oxygen atoms in total. The van der Waals surface area contributed by atoms with Gasteiger partial charge in [-0.2, -0.15) is 0 Å². The van der Waals surface area contributed by atoms with Gasteiger partial charge in [0.2, 0.25) is 0 Å². The molecule has 0 fully saturated rings. The number of hydrogen-bond donors (Lipinski definition) is 0. The summed E-state index contributed by atoms with van der Waals surface area (Å²) in [5.74, 6) is 0. The Morgan fingerprint density at radius 3 is 2.50 bits per heavy atom. The minimum Gasteiger partial charge on any atom is -0.0984 e. The van der Waals surface area contributed by atoms with Gasteiger partial charge in [-0.25, -0.2) is 0 Å². The molecule has 0 heterocycles. The molecule has 18 heavy (non-hydrogen) atoms. The summed E-state index contributed by atoms with van der Waals surface area (Å²) < 4.78 is 1.29. The Kier molecular flexibility index (Phi) is 3.54. The zero-order valence-electron chi connectivity index (χ0n) is 11.5. The fourth-order valence-electron chi connectivity index (χ4n) is 2.66. The van der Waals surface area contributed by atoms with E-state index in [-0.39, 0.29) is 5.41 Å². The van der Waals surface area contributed by atoms with Crippen LogP contribution in [0.15, 0.2) is 48.1 Å². The predicted molar refractivity (Wildman–Crippen MR) is 88.7 cm³/mol. The lowest BCUT2D eigenvalue weighted by molar-refractivity contribution is 0.653. The second-order valence-corrected chi connectivity index (χ2v) is 6.81. The molecular formula is C17H19I. The van der Waals surface area contributed by atoms with E-state index >= 15 is 0 Å². The quantitative estimate of drug-likeness (QED) is 0.619. The Morgan fingerprint density at radius 1 is 1.28 bits per heavy atom. The van der Waals surface area contributed by atoms with Crippen molar-refractivity contribution in [2.75, 3.05) is 0 Å². The molecule has 0 spiro atoms. The molecule has 0 saturated heterocycles. The van der Waals surface area contributed by atoms with Crippen molar-refractivity contribution in [2.24, 2.45) is 0 Å². The van der Waals surface area contributed by atoms with Crippen molar-refractivity contribution >= 4 is 28.2 Å². The van der Waals surface area contributed by atoms with E-state index in [0.717, 1.165) is 0 Å². The smallest absolute Gasteiger partial charge is 0.0159 e. The molecule has 0 N–H and O–H groups in total. The molecule has 0 atom stereocenters. The fraction of sp³-hybridized carbons (Fsp3) is 0.294. The first-order valence-electron chi connectivity index (χ1n) is 6.20. The van der Waals surface area contributed by atoms with Crippen molar-refractivity contribution in [1.29, 1.82) is 0 Å². The number of fused-ring (bicyclic) bond motifs is 1. The van der Waals surface area contributed by atoms with Crippen molar-refractivity contribution in [3.8, 4) is 0 Å². The van der Waals surface area contributed by atoms with E-state index in [1.165, 1.54) is 31.4 Å². The third-order valence-electron chi connectivity index (χ3n) is 3.55. The Bertz CT molecular complexity index is 567. The van der Waals surface area contributed by atoms with Gasteiger partial charge >= 0.3 is 0 Å². The average Bonchev–Trinajstić information content (AvgIpc) is 2.48. The first-order valence-corrected chi connectivity index (χ1v) is 7.28. The largest absolute Gasteiger partial charge is 0.0984 e. The van der Waals surface area contributed by atoms with Gasteiger partial charge in [-0.05, 0) is 70.8 Å². The minimum atomic E-state index is 0.0668. The normalized spacial score (nSPS) is 16.5. The molecule has 1 aliphatic carbocycles. The van der Waals surface area contributed by atoms with Gasteiger partial charge in [-0.1, -0.05) is 44.2 Å². The molecule has 1 aromatic rings. The van der Waals surface area contributed by atoms with Crippen LogP contribution in [0.4, 0.5) is 0 Å². The molecule has 0 saturated carbocycles. The summed E-state index contributed by atoms with van der Waals surface area (Å²) in [6.07, 6.45) is 4.29. The molecule has 2 rings (SSSR count). The maximum absolute atomic E-state index is 4.00. The fourth-order valence-corrected chi connectivity index (χ4v) is 3.15. The first-order chi connectivity index (χ1) is 8.37. The van der Waals surface area contributed by atoms with Gasteiger partial charge in [0.15, 0.2) is 0 Å². The number of allylic oxidation sites excluding steroid dienone is 5. The summed E-state index contributed by atoms with van der Waals surface area (Å²) in [5, 5.41) is 0. The Hall–Kier alpha value is -0.830. The Labute approximate surface area is 124 Å². The van der Waals surface area contributed by atoms with Crippen molar-refractivity contribution in [3.63, 3.8) is 0 Å². The molecule has 0 radical (unpaired) electrons. The summed E-state index contributed by atoms with van der Waals surface area (Å²) in [6, 6.07) is 6.69. The zero-order valence-corrected chi connectivity index (χ0v) is 13.6. The molecule has 0 unspecified atom stereocenters. The van der Waals surface area contributed by atoms with Gasteiger partial charge in [0.1, 0.15) is 0 Å². The van der Waals surface area contributed by atoms with E-state index in [2.05, 4.69) is 81.1 Å². The van der Waals surface area contributed by atoms with E-state index in [0.29, 0.717) is 0 Å². The molecule has 1 aromatic carbocycles. The van der Waals surface area contributed by atoms with Crippen molar-refractivity contribution in [3.05, 3.63) is 62.8 Å². The maximum atomic E-state index is 4.00. The van der Waals surface area contributed by atoms with Crippen LogP contribution in [-0.4, -0.2) is 0 Å². The monoisotopic (exact) mass is 350 g/mol. The summed E-state index contributed by atoms with van der Waals surface area (Å²) in [4.78, 5) is 0. The van der Waals surface area contributed by atoms with Crippen LogP contribution in [0.5, 0.6) is 0 Å². The molecule has 1 heteroatoms. The first kappa shape index (κ1) is 13.6. The van der Waals surface area contributed by atoms with E-state index in [1.54, 1.807) is 0 Å². The topological polar surface area (TPSA) is 0 Å². The van der Waals surface area contributed by atoms with Gasteiger partial charge in [0.05, 0.1) is 0 Å². The van der Waals surface area contributed by atoms with Crippen LogP contribution < -0.4 is 0 Å². The highest BCUT2D eigenvalue weighted by atomic mass is 127. The van der Waals surface area contributed by atoms with Gasteiger partial charge in [-0.3, -0.25) is 0 Å². The second kappa shape index (κ2) is 4.69. The SMILES string of the molecule is C=CC1=C(C=C(C)C)C(C)(C)c2cc(I)ccc21. The van der Waals surface area contributed by atoms with Crippen molar-refractivity contribution in [2.45, 2.75) is 33.1 Å². The number of halogens is 1.